The number of aliphatic hydroxyl groups is 1. The van der Waals surface area contributed by atoms with E-state index in [1.807, 2.05) is 29.5 Å². The first-order valence-electron chi connectivity index (χ1n) is 7.91. The molecule has 0 amide bonds. The fourth-order valence-electron chi connectivity index (χ4n) is 3.41. The van der Waals surface area contributed by atoms with Gasteiger partial charge in [-0.1, -0.05) is 0 Å². The number of likely N-dealkylation sites (tertiary alicyclic amines) is 1. The van der Waals surface area contributed by atoms with Gasteiger partial charge in [-0.3, -0.25) is 9.58 Å². The van der Waals surface area contributed by atoms with Crippen molar-refractivity contribution in [3.8, 4) is 0 Å². The average molecular weight is 303 g/mol. The Labute approximate surface area is 131 Å². The highest BCUT2D eigenvalue weighted by molar-refractivity contribution is 5.15. The maximum absolute atomic E-state index is 10.6. The summed E-state index contributed by atoms with van der Waals surface area (Å²) in [7, 11) is 3.89. The summed E-state index contributed by atoms with van der Waals surface area (Å²) < 4.78 is 3.78. The summed E-state index contributed by atoms with van der Waals surface area (Å²) in [6, 6.07) is 0. The molecule has 2 aromatic rings. The molecule has 120 valence electrons. The fraction of sp³-hybridized carbons (Fsp3) is 0.625. The van der Waals surface area contributed by atoms with Gasteiger partial charge in [-0.05, 0) is 26.3 Å². The quantitative estimate of drug-likeness (QED) is 0.928. The summed E-state index contributed by atoms with van der Waals surface area (Å²) in [6.07, 6.45) is 7.41. The standard InChI is InChI=1S/C16H25N5O/c1-12-14(9-20(3)18-12)11-21-7-4-5-13(10-21)15(22)16-17-6-8-19(16)2/h6,8-9,13,15,22H,4-5,7,10-11H2,1-3H3. The van der Waals surface area contributed by atoms with Crippen molar-refractivity contribution in [3.63, 3.8) is 0 Å². The van der Waals surface area contributed by atoms with E-state index in [0.29, 0.717) is 0 Å². The molecule has 1 saturated heterocycles. The lowest BCUT2D eigenvalue weighted by molar-refractivity contribution is 0.0404. The Balaban J connectivity index is 1.66. The first kappa shape index (κ1) is 15.2. The van der Waals surface area contributed by atoms with Crippen molar-refractivity contribution in [2.45, 2.75) is 32.4 Å². The van der Waals surface area contributed by atoms with Crippen LogP contribution in [0.5, 0.6) is 0 Å². The molecule has 3 heterocycles. The van der Waals surface area contributed by atoms with Crippen molar-refractivity contribution >= 4 is 0 Å². The third-order valence-electron chi connectivity index (χ3n) is 4.62. The predicted octanol–water partition coefficient (Wildman–Crippen LogP) is 1.41. The van der Waals surface area contributed by atoms with E-state index in [-0.39, 0.29) is 5.92 Å². The minimum Gasteiger partial charge on any atom is -0.385 e. The number of aryl methyl sites for hydroxylation is 3. The number of aromatic nitrogens is 4. The lowest BCUT2D eigenvalue weighted by Crippen LogP contribution is -2.38. The average Bonchev–Trinajstić information content (AvgIpc) is 3.04. The number of hydrogen-bond donors (Lipinski definition) is 1. The van der Waals surface area contributed by atoms with Crippen LogP contribution in [-0.2, 0) is 20.6 Å². The molecular formula is C16H25N5O. The number of rotatable bonds is 4. The van der Waals surface area contributed by atoms with E-state index in [9.17, 15) is 5.11 Å². The molecule has 6 heteroatoms. The monoisotopic (exact) mass is 303 g/mol. The van der Waals surface area contributed by atoms with Crippen LogP contribution in [0.15, 0.2) is 18.6 Å². The van der Waals surface area contributed by atoms with E-state index in [1.165, 1.54) is 5.56 Å². The lowest BCUT2D eigenvalue weighted by Gasteiger charge is -2.34. The van der Waals surface area contributed by atoms with Gasteiger partial charge in [-0.25, -0.2) is 4.98 Å². The Morgan fingerprint density at radius 1 is 1.41 bits per heavy atom. The molecule has 0 spiro atoms. The summed E-state index contributed by atoms with van der Waals surface area (Å²) in [5.74, 6) is 1.01. The molecule has 0 aromatic carbocycles. The van der Waals surface area contributed by atoms with Gasteiger partial charge in [-0.15, -0.1) is 0 Å². The Kier molecular flexibility index (Phi) is 4.31. The predicted molar refractivity (Wildman–Crippen MR) is 84.1 cm³/mol. The normalized spacial score (nSPS) is 21.2. The molecule has 1 aliphatic heterocycles. The molecule has 3 rings (SSSR count). The van der Waals surface area contributed by atoms with E-state index >= 15 is 0 Å². The van der Waals surface area contributed by atoms with Gasteiger partial charge in [0.1, 0.15) is 11.9 Å². The molecule has 2 unspecified atom stereocenters. The largest absolute Gasteiger partial charge is 0.385 e. The van der Waals surface area contributed by atoms with Crippen LogP contribution in [0.3, 0.4) is 0 Å². The van der Waals surface area contributed by atoms with E-state index < -0.39 is 6.10 Å². The van der Waals surface area contributed by atoms with Gasteiger partial charge < -0.3 is 9.67 Å². The number of aliphatic hydroxyl groups excluding tert-OH is 1. The van der Waals surface area contributed by atoms with Gasteiger partial charge in [0.25, 0.3) is 0 Å². The Hall–Kier alpha value is -1.66. The maximum atomic E-state index is 10.6. The summed E-state index contributed by atoms with van der Waals surface area (Å²) >= 11 is 0. The molecule has 22 heavy (non-hydrogen) atoms. The van der Waals surface area contributed by atoms with Crippen LogP contribution in [0.25, 0.3) is 0 Å². The van der Waals surface area contributed by atoms with Crippen LogP contribution in [0.4, 0.5) is 0 Å². The number of nitrogens with zero attached hydrogens (tertiary/aromatic N) is 5. The van der Waals surface area contributed by atoms with E-state index in [0.717, 1.165) is 44.0 Å². The Morgan fingerprint density at radius 3 is 2.86 bits per heavy atom. The minimum absolute atomic E-state index is 0.242. The van der Waals surface area contributed by atoms with E-state index in [2.05, 4.69) is 28.1 Å². The molecule has 1 N–H and O–H groups in total. The molecule has 0 radical (unpaired) electrons. The second kappa shape index (κ2) is 6.22. The molecule has 0 aliphatic carbocycles. The van der Waals surface area contributed by atoms with Crippen LogP contribution in [-0.4, -0.2) is 42.4 Å². The zero-order valence-corrected chi connectivity index (χ0v) is 13.6. The number of piperidine rings is 1. The third-order valence-corrected chi connectivity index (χ3v) is 4.62. The van der Waals surface area contributed by atoms with Crippen molar-refractivity contribution in [2.75, 3.05) is 13.1 Å². The van der Waals surface area contributed by atoms with Gasteiger partial charge >= 0.3 is 0 Å². The fourth-order valence-corrected chi connectivity index (χ4v) is 3.41. The van der Waals surface area contributed by atoms with Crippen molar-refractivity contribution in [1.82, 2.24) is 24.2 Å². The Bertz CT molecular complexity index is 632. The first-order valence-corrected chi connectivity index (χ1v) is 7.91. The number of hydrogen-bond acceptors (Lipinski definition) is 4. The summed E-state index contributed by atoms with van der Waals surface area (Å²) in [6.45, 7) is 4.95. The number of imidazole rings is 1. The van der Waals surface area contributed by atoms with E-state index in [1.54, 1.807) is 6.20 Å². The van der Waals surface area contributed by atoms with E-state index in [4.69, 9.17) is 0 Å². The molecule has 0 bridgehead atoms. The van der Waals surface area contributed by atoms with Gasteiger partial charge in [-0.2, -0.15) is 5.10 Å². The molecule has 0 saturated carbocycles. The minimum atomic E-state index is -0.488. The smallest absolute Gasteiger partial charge is 0.137 e. The molecule has 1 fully saturated rings. The van der Waals surface area contributed by atoms with Crippen molar-refractivity contribution in [3.05, 3.63) is 35.7 Å². The summed E-state index contributed by atoms with van der Waals surface area (Å²) in [5, 5.41) is 15.0. The van der Waals surface area contributed by atoms with Crippen LogP contribution >= 0.6 is 0 Å². The van der Waals surface area contributed by atoms with Gasteiger partial charge in [0.15, 0.2) is 0 Å². The highest BCUT2D eigenvalue weighted by Gasteiger charge is 2.29. The van der Waals surface area contributed by atoms with Gasteiger partial charge in [0.05, 0.1) is 5.69 Å². The van der Waals surface area contributed by atoms with Crippen LogP contribution in [0, 0.1) is 12.8 Å². The SMILES string of the molecule is Cc1nn(C)cc1CN1CCCC(C(O)c2nccn2C)C1. The van der Waals surface area contributed by atoms with Crippen molar-refractivity contribution in [1.29, 1.82) is 0 Å². The maximum Gasteiger partial charge on any atom is 0.137 e. The molecular weight excluding hydrogens is 278 g/mol. The molecule has 2 atom stereocenters. The topological polar surface area (TPSA) is 59.1 Å². The van der Waals surface area contributed by atoms with Gasteiger partial charge in [0, 0.05) is 57.3 Å². The van der Waals surface area contributed by atoms with Crippen molar-refractivity contribution < 1.29 is 5.11 Å². The molecule has 6 nitrogen and oxygen atoms in total. The molecule has 1 aliphatic rings. The van der Waals surface area contributed by atoms with Crippen molar-refractivity contribution in [2.24, 2.45) is 20.0 Å². The second-order valence-electron chi connectivity index (χ2n) is 6.39. The zero-order chi connectivity index (χ0) is 15.7. The van der Waals surface area contributed by atoms with Crippen LogP contribution in [0.1, 0.15) is 36.0 Å². The van der Waals surface area contributed by atoms with Crippen LogP contribution < -0.4 is 0 Å². The second-order valence-corrected chi connectivity index (χ2v) is 6.39. The summed E-state index contributed by atoms with van der Waals surface area (Å²) in [5.41, 5.74) is 2.36. The first-order chi connectivity index (χ1) is 10.5. The lowest BCUT2D eigenvalue weighted by atomic mass is 9.91. The highest BCUT2D eigenvalue weighted by Crippen LogP contribution is 2.29. The third kappa shape index (κ3) is 3.08. The van der Waals surface area contributed by atoms with Crippen LogP contribution in [0.2, 0.25) is 0 Å². The Morgan fingerprint density at radius 2 is 2.23 bits per heavy atom. The highest BCUT2D eigenvalue weighted by atomic mass is 16.3. The zero-order valence-electron chi connectivity index (χ0n) is 13.6. The summed E-state index contributed by atoms with van der Waals surface area (Å²) in [4.78, 5) is 6.72. The van der Waals surface area contributed by atoms with Gasteiger partial charge in [0.2, 0.25) is 0 Å². The molecule has 2 aromatic heterocycles.